The quantitative estimate of drug-likeness (QED) is 0.821. The summed E-state index contributed by atoms with van der Waals surface area (Å²) in [6, 6.07) is 15.6. The van der Waals surface area contributed by atoms with Crippen LogP contribution in [0.3, 0.4) is 0 Å². The average Bonchev–Trinajstić information content (AvgIpc) is 2.38. The minimum atomic E-state index is -0.172. The van der Waals surface area contributed by atoms with Crippen LogP contribution < -0.4 is 5.32 Å². The molecular formula is C17H19BrFN. The van der Waals surface area contributed by atoms with Crippen LogP contribution in [0.15, 0.2) is 53.0 Å². The molecule has 0 spiro atoms. The van der Waals surface area contributed by atoms with Gasteiger partial charge in [-0.15, -0.1) is 0 Å². The molecule has 0 fully saturated rings. The summed E-state index contributed by atoms with van der Waals surface area (Å²) in [7, 11) is 0. The number of nitrogens with one attached hydrogen (secondary N) is 1. The van der Waals surface area contributed by atoms with Gasteiger partial charge in [0.2, 0.25) is 0 Å². The largest absolute Gasteiger partial charge is 0.307 e. The van der Waals surface area contributed by atoms with E-state index in [4.69, 9.17) is 0 Å². The highest BCUT2D eigenvalue weighted by atomic mass is 79.9. The molecule has 0 saturated heterocycles. The number of hydrogen-bond donors (Lipinski definition) is 1. The summed E-state index contributed by atoms with van der Waals surface area (Å²) >= 11 is 3.49. The highest BCUT2D eigenvalue weighted by Gasteiger charge is 2.10. The zero-order chi connectivity index (χ0) is 14.5. The number of hydrogen-bond acceptors (Lipinski definition) is 1. The zero-order valence-electron chi connectivity index (χ0n) is 11.7. The van der Waals surface area contributed by atoms with Gasteiger partial charge in [0.25, 0.3) is 0 Å². The van der Waals surface area contributed by atoms with E-state index in [1.165, 1.54) is 11.6 Å². The highest BCUT2D eigenvalue weighted by Crippen LogP contribution is 2.18. The third-order valence-electron chi connectivity index (χ3n) is 3.31. The van der Waals surface area contributed by atoms with Crippen LogP contribution in [0.4, 0.5) is 4.39 Å². The van der Waals surface area contributed by atoms with Crippen LogP contribution in [-0.2, 0) is 6.42 Å². The fraction of sp³-hybridized carbons (Fsp3) is 0.294. The van der Waals surface area contributed by atoms with Gasteiger partial charge in [-0.3, -0.25) is 0 Å². The highest BCUT2D eigenvalue weighted by molar-refractivity contribution is 9.10. The van der Waals surface area contributed by atoms with Crippen molar-refractivity contribution in [3.05, 3.63) is 69.9 Å². The Morgan fingerprint density at radius 2 is 1.85 bits per heavy atom. The lowest BCUT2D eigenvalue weighted by Crippen LogP contribution is -2.30. The average molecular weight is 336 g/mol. The standard InChI is InChI=1S/C17H19BrFN/c1-12(9-14-5-3-8-17(19)10-14)20-13(2)15-6-4-7-16(18)11-15/h3-8,10-13,20H,9H2,1-2H3. The number of benzene rings is 2. The summed E-state index contributed by atoms with van der Waals surface area (Å²) < 4.78 is 14.2. The Balaban J connectivity index is 1.95. The van der Waals surface area contributed by atoms with E-state index in [0.717, 1.165) is 16.5 Å². The van der Waals surface area contributed by atoms with Crippen molar-refractivity contribution in [2.45, 2.75) is 32.4 Å². The lowest BCUT2D eigenvalue weighted by Gasteiger charge is -2.20. The second-order valence-corrected chi connectivity index (χ2v) is 6.09. The van der Waals surface area contributed by atoms with Gasteiger partial charge >= 0.3 is 0 Å². The van der Waals surface area contributed by atoms with Crippen molar-refractivity contribution in [2.24, 2.45) is 0 Å². The van der Waals surface area contributed by atoms with Gasteiger partial charge in [0.05, 0.1) is 0 Å². The molecule has 0 amide bonds. The molecule has 0 aromatic heterocycles. The Labute approximate surface area is 128 Å². The van der Waals surface area contributed by atoms with Crippen molar-refractivity contribution in [3.8, 4) is 0 Å². The van der Waals surface area contributed by atoms with Gasteiger partial charge in [-0.05, 0) is 55.7 Å². The molecule has 2 unspecified atom stereocenters. The van der Waals surface area contributed by atoms with E-state index in [0.29, 0.717) is 0 Å². The monoisotopic (exact) mass is 335 g/mol. The molecule has 1 N–H and O–H groups in total. The molecule has 3 heteroatoms. The van der Waals surface area contributed by atoms with Gasteiger partial charge in [0, 0.05) is 16.6 Å². The second kappa shape index (κ2) is 7.00. The molecule has 0 bridgehead atoms. The van der Waals surface area contributed by atoms with Crippen LogP contribution in [0, 0.1) is 5.82 Å². The van der Waals surface area contributed by atoms with Gasteiger partial charge in [-0.1, -0.05) is 40.2 Å². The Bertz CT molecular complexity index is 570. The third-order valence-corrected chi connectivity index (χ3v) is 3.81. The van der Waals surface area contributed by atoms with Crippen molar-refractivity contribution in [2.75, 3.05) is 0 Å². The molecule has 0 aliphatic heterocycles. The Hall–Kier alpha value is -1.19. The third kappa shape index (κ3) is 4.43. The molecule has 0 aliphatic carbocycles. The summed E-state index contributed by atoms with van der Waals surface area (Å²) in [4.78, 5) is 0. The van der Waals surface area contributed by atoms with Crippen LogP contribution in [0.5, 0.6) is 0 Å². The molecule has 2 aromatic carbocycles. The smallest absolute Gasteiger partial charge is 0.123 e. The maximum absolute atomic E-state index is 13.2. The van der Waals surface area contributed by atoms with Crippen LogP contribution >= 0.6 is 15.9 Å². The molecule has 0 aliphatic rings. The van der Waals surface area contributed by atoms with Crippen molar-refractivity contribution in [3.63, 3.8) is 0 Å². The molecule has 0 saturated carbocycles. The molecule has 1 nitrogen and oxygen atoms in total. The first-order chi connectivity index (χ1) is 9.54. The van der Waals surface area contributed by atoms with E-state index in [9.17, 15) is 4.39 Å². The first kappa shape index (κ1) is 15.2. The Kier molecular flexibility index (Phi) is 5.32. The zero-order valence-corrected chi connectivity index (χ0v) is 13.3. The maximum Gasteiger partial charge on any atom is 0.123 e. The van der Waals surface area contributed by atoms with Crippen LogP contribution in [0.2, 0.25) is 0 Å². The SMILES string of the molecule is CC(Cc1cccc(F)c1)NC(C)c1cccc(Br)c1. The first-order valence-electron chi connectivity index (χ1n) is 6.80. The lowest BCUT2D eigenvalue weighted by atomic mass is 10.0. The second-order valence-electron chi connectivity index (χ2n) is 5.18. The van der Waals surface area contributed by atoms with Crippen LogP contribution in [-0.4, -0.2) is 6.04 Å². The van der Waals surface area contributed by atoms with Crippen LogP contribution in [0.1, 0.15) is 31.0 Å². The topological polar surface area (TPSA) is 12.0 Å². The van der Waals surface area contributed by atoms with E-state index in [-0.39, 0.29) is 17.9 Å². The van der Waals surface area contributed by atoms with E-state index < -0.39 is 0 Å². The van der Waals surface area contributed by atoms with Gasteiger partial charge < -0.3 is 5.32 Å². The predicted molar refractivity (Wildman–Crippen MR) is 85.3 cm³/mol. The van der Waals surface area contributed by atoms with E-state index in [2.05, 4.69) is 47.2 Å². The van der Waals surface area contributed by atoms with Crippen molar-refractivity contribution < 1.29 is 4.39 Å². The number of halogens is 2. The summed E-state index contributed by atoms with van der Waals surface area (Å²) in [6.45, 7) is 4.27. The molecule has 106 valence electrons. The molecule has 2 atom stereocenters. The normalized spacial score (nSPS) is 14.0. The lowest BCUT2D eigenvalue weighted by molar-refractivity contribution is 0.476. The summed E-state index contributed by atoms with van der Waals surface area (Å²) in [5.74, 6) is -0.172. The molecule has 2 rings (SSSR count). The fourth-order valence-corrected chi connectivity index (χ4v) is 2.79. The van der Waals surface area contributed by atoms with Crippen molar-refractivity contribution in [1.29, 1.82) is 0 Å². The summed E-state index contributed by atoms with van der Waals surface area (Å²) in [5.41, 5.74) is 2.26. The van der Waals surface area contributed by atoms with E-state index in [1.54, 1.807) is 12.1 Å². The molecule has 20 heavy (non-hydrogen) atoms. The first-order valence-corrected chi connectivity index (χ1v) is 7.60. The number of rotatable bonds is 5. The Morgan fingerprint density at radius 1 is 1.10 bits per heavy atom. The van der Waals surface area contributed by atoms with E-state index >= 15 is 0 Å². The van der Waals surface area contributed by atoms with Crippen molar-refractivity contribution in [1.82, 2.24) is 5.32 Å². The maximum atomic E-state index is 13.2. The van der Waals surface area contributed by atoms with Crippen LogP contribution in [0.25, 0.3) is 0 Å². The minimum absolute atomic E-state index is 0.172. The molecule has 2 aromatic rings. The molecular weight excluding hydrogens is 317 g/mol. The van der Waals surface area contributed by atoms with Gasteiger partial charge in [-0.25, -0.2) is 4.39 Å². The predicted octanol–water partition coefficient (Wildman–Crippen LogP) is 4.87. The summed E-state index contributed by atoms with van der Waals surface area (Å²) in [6.07, 6.45) is 0.816. The van der Waals surface area contributed by atoms with Crippen molar-refractivity contribution >= 4 is 15.9 Å². The summed E-state index contributed by atoms with van der Waals surface area (Å²) in [5, 5.41) is 3.55. The van der Waals surface area contributed by atoms with Gasteiger partial charge in [0.1, 0.15) is 5.82 Å². The molecule has 0 radical (unpaired) electrons. The Morgan fingerprint density at radius 3 is 2.55 bits per heavy atom. The van der Waals surface area contributed by atoms with Gasteiger partial charge in [0.15, 0.2) is 0 Å². The van der Waals surface area contributed by atoms with Gasteiger partial charge in [-0.2, -0.15) is 0 Å². The fourth-order valence-electron chi connectivity index (χ4n) is 2.38. The molecule has 0 heterocycles. The van der Waals surface area contributed by atoms with E-state index in [1.807, 2.05) is 18.2 Å². The minimum Gasteiger partial charge on any atom is -0.307 e.